The second-order valence-electron chi connectivity index (χ2n) is 4.74. The summed E-state index contributed by atoms with van der Waals surface area (Å²) in [4.78, 5) is 0. The lowest BCUT2D eigenvalue weighted by Crippen LogP contribution is -2.14. The van der Waals surface area contributed by atoms with Crippen LogP contribution in [0, 0.1) is 0 Å². The van der Waals surface area contributed by atoms with Crippen LogP contribution in [-0.4, -0.2) is 28.0 Å². The van der Waals surface area contributed by atoms with E-state index in [1.807, 2.05) is 10.9 Å². The fraction of sp³-hybridized carbons (Fsp3) is 0.769. The Morgan fingerprint density at radius 1 is 1.29 bits per heavy atom. The van der Waals surface area contributed by atoms with E-state index in [-0.39, 0.29) is 0 Å². The quantitative estimate of drug-likeness (QED) is 0.649. The number of aliphatic hydroxyl groups is 1. The van der Waals surface area contributed by atoms with Crippen molar-refractivity contribution >= 4 is 0 Å². The van der Waals surface area contributed by atoms with Crippen molar-refractivity contribution in [1.82, 2.24) is 15.1 Å². The van der Waals surface area contributed by atoms with E-state index in [9.17, 15) is 0 Å². The molecule has 0 aliphatic carbocycles. The van der Waals surface area contributed by atoms with Crippen LogP contribution in [0.2, 0.25) is 0 Å². The van der Waals surface area contributed by atoms with Crippen molar-refractivity contribution in [2.24, 2.45) is 0 Å². The van der Waals surface area contributed by atoms with Gasteiger partial charge in [0.2, 0.25) is 0 Å². The fourth-order valence-corrected chi connectivity index (χ4v) is 1.70. The van der Waals surface area contributed by atoms with E-state index in [1.54, 1.807) is 0 Å². The van der Waals surface area contributed by atoms with Gasteiger partial charge < -0.3 is 10.4 Å². The topological polar surface area (TPSA) is 50.1 Å². The zero-order chi connectivity index (χ0) is 12.5. The second kappa shape index (κ2) is 8.25. The maximum Gasteiger partial charge on any atom is 0.0534 e. The van der Waals surface area contributed by atoms with E-state index in [2.05, 4.69) is 30.5 Å². The van der Waals surface area contributed by atoms with Crippen molar-refractivity contribution in [3.8, 4) is 0 Å². The lowest BCUT2D eigenvalue weighted by atomic mass is 10.2. The Kier molecular flexibility index (Phi) is 6.89. The van der Waals surface area contributed by atoms with Crippen LogP contribution in [0.4, 0.5) is 0 Å². The molecule has 0 fully saturated rings. The molecular weight excluding hydrogens is 214 g/mol. The molecule has 1 aromatic rings. The zero-order valence-corrected chi connectivity index (χ0v) is 11.0. The molecule has 0 unspecified atom stereocenters. The first-order valence-corrected chi connectivity index (χ1v) is 6.58. The van der Waals surface area contributed by atoms with E-state index in [4.69, 9.17) is 5.11 Å². The Hall–Kier alpha value is -0.870. The summed E-state index contributed by atoms with van der Waals surface area (Å²) in [7, 11) is 0. The highest BCUT2D eigenvalue weighted by Gasteiger charge is 2.00. The minimum absolute atomic E-state index is 0.321. The van der Waals surface area contributed by atoms with Crippen molar-refractivity contribution in [2.75, 3.05) is 13.2 Å². The molecule has 0 saturated heterocycles. The summed E-state index contributed by atoms with van der Waals surface area (Å²) in [6, 6.07) is 0.433. The van der Waals surface area contributed by atoms with Gasteiger partial charge in [0, 0.05) is 31.0 Å². The minimum atomic E-state index is 0.321. The summed E-state index contributed by atoms with van der Waals surface area (Å²) in [6.45, 7) is 6.52. The summed E-state index contributed by atoms with van der Waals surface area (Å²) in [5.41, 5.74) is 1.24. The third-order valence-electron chi connectivity index (χ3n) is 2.77. The van der Waals surface area contributed by atoms with E-state index >= 15 is 0 Å². The maximum absolute atomic E-state index is 8.64. The van der Waals surface area contributed by atoms with Crippen molar-refractivity contribution in [2.45, 2.75) is 52.1 Å². The lowest BCUT2D eigenvalue weighted by Gasteiger charge is -2.04. The van der Waals surface area contributed by atoms with E-state index < -0.39 is 0 Å². The molecule has 0 aromatic carbocycles. The van der Waals surface area contributed by atoms with Crippen molar-refractivity contribution in [3.05, 3.63) is 18.0 Å². The van der Waals surface area contributed by atoms with Crippen LogP contribution >= 0.6 is 0 Å². The number of unbranched alkanes of at least 4 members (excludes halogenated alkanes) is 3. The number of rotatable bonds is 9. The molecule has 0 bridgehead atoms. The summed E-state index contributed by atoms with van der Waals surface area (Å²) in [5, 5.41) is 16.4. The lowest BCUT2D eigenvalue weighted by molar-refractivity contribution is 0.282. The van der Waals surface area contributed by atoms with Crippen LogP contribution in [0.5, 0.6) is 0 Å². The van der Waals surface area contributed by atoms with Crippen molar-refractivity contribution < 1.29 is 5.11 Å². The maximum atomic E-state index is 8.64. The minimum Gasteiger partial charge on any atom is -0.396 e. The number of aromatic nitrogens is 2. The molecule has 17 heavy (non-hydrogen) atoms. The van der Waals surface area contributed by atoms with Crippen molar-refractivity contribution in [1.29, 1.82) is 0 Å². The molecule has 0 aliphatic rings. The van der Waals surface area contributed by atoms with Crippen LogP contribution in [0.3, 0.4) is 0 Å². The molecule has 1 aromatic heterocycles. The molecule has 0 saturated carbocycles. The number of hydrogen-bond donors (Lipinski definition) is 2. The molecule has 0 amide bonds. The average molecular weight is 239 g/mol. The predicted molar refractivity (Wildman–Crippen MR) is 69.9 cm³/mol. The number of hydrogen-bond acceptors (Lipinski definition) is 3. The highest BCUT2D eigenvalue weighted by atomic mass is 16.2. The normalized spacial score (nSPS) is 11.3. The molecule has 0 spiro atoms. The molecular formula is C13H25N3O. The molecule has 4 heteroatoms. The van der Waals surface area contributed by atoms with Gasteiger partial charge in [-0.05, 0) is 33.2 Å². The first-order chi connectivity index (χ1) is 8.24. The highest BCUT2D eigenvalue weighted by molar-refractivity contribution is 5.03. The van der Waals surface area contributed by atoms with E-state index in [0.29, 0.717) is 12.6 Å². The van der Waals surface area contributed by atoms with Gasteiger partial charge in [0.15, 0.2) is 0 Å². The summed E-state index contributed by atoms with van der Waals surface area (Å²) < 4.78 is 1.98. The molecule has 0 aliphatic heterocycles. The van der Waals surface area contributed by atoms with Gasteiger partial charge in [0.1, 0.15) is 0 Å². The Morgan fingerprint density at radius 3 is 2.71 bits per heavy atom. The van der Waals surface area contributed by atoms with Crippen LogP contribution in [0.1, 0.15) is 51.1 Å². The third kappa shape index (κ3) is 5.84. The number of aliphatic hydroxyl groups excluding tert-OH is 1. The summed E-state index contributed by atoms with van der Waals surface area (Å²) in [6.07, 6.45) is 8.46. The van der Waals surface area contributed by atoms with E-state index in [0.717, 1.165) is 25.9 Å². The van der Waals surface area contributed by atoms with Gasteiger partial charge in [-0.3, -0.25) is 4.68 Å². The number of nitrogens with one attached hydrogen (secondary N) is 1. The predicted octanol–water partition coefficient (Wildman–Crippen LogP) is 2.11. The van der Waals surface area contributed by atoms with Crippen LogP contribution < -0.4 is 5.32 Å². The van der Waals surface area contributed by atoms with Crippen LogP contribution in [0.25, 0.3) is 0 Å². The standard InChI is InChI=1S/C13H25N3O/c1-12(2)16-11-13(10-15-16)9-14-7-5-3-4-6-8-17/h10-12,14,17H,3-9H2,1-2H3. The van der Waals surface area contributed by atoms with Crippen LogP contribution in [-0.2, 0) is 6.54 Å². The monoisotopic (exact) mass is 239 g/mol. The van der Waals surface area contributed by atoms with Gasteiger partial charge in [-0.25, -0.2) is 0 Å². The second-order valence-corrected chi connectivity index (χ2v) is 4.74. The average Bonchev–Trinajstić information content (AvgIpc) is 2.77. The molecule has 4 nitrogen and oxygen atoms in total. The van der Waals surface area contributed by atoms with Crippen molar-refractivity contribution in [3.63, 3.8) is 0 Å². The van der Waals surface area contributed by atoms with Gasteiger partial charge in [0.05, 0.1) is 6.20 Å². The van der Waals surface area contributed by atoms with Gasteiger partial charge in [-0.15, -0.1) is 0 Å². The SMILES string of the molecule is CC(C)n1cc(CNCCCCCCO)cn1. The van der Waals surface area contributed by atoms with Gasteiger partial charge in [0.25, 0.3) is 0 Å². The first-order valence-electron chi connectivity index (χ1n) is 6.58. The Bertz CT molecular complexity index is 297. The molecule has 2 N–H and O–H groups in total. The zero-order valence-electron chi connectivity index (χ0n) is 11.0. The highest BCUT2D eigenvalue weighted by Crippen LogP contribution is 2.05. The molecule has 1 rings (SSSR count). The third-order valence-corrected chi connectivity index (χ3v) is 2.77. The Morgan fingerprint density at radius 2 is 2.06 bits per heavy atom. The molecule has 1 heterocycles. The van der Waals surface area contributed by atoms with Gasteiger partial charge in [-0.2, -0.15) is 5.10 Å². The molecule has 0 atom stereocenters. The van der Waals surface area contributed by atoms with Crippen LogP contribution in [0.15, 0.2) is 12.4 Å². The molecule has 98 valence electrons. The Balaban J connectivity index is 2.05. The Labute approximate surface area is 104 Å². The number of nitrogens with zero attached hydrogens (tertiary/aromatic N) is 2. The van der Waals surface area contributed by atoms with E-state index in [1.165, 1.54) is 18.4 Å². The summed E-state index contributed by atoms with van der Waals surface area (Å²) in [5.74, 6) is 0. The largest absolute Gasteiger partial charge is 0.396 e. The molecule has 0 radical (unpaired) electrons. The van der Waals surface area contributed by atoms with Gasteiger partial charge >= 0.3 is 0 Å². The first kappa shape index (κ1) is 14.2. The summed E-state index contributed by atoms with van der Waals surface area (Å²) >= 11 is 0. The fourth-order valence-electron chi connectivity index (χ4n) is 1.70. The van der Waals surface area contributed by atoms with Gasteiger partial charge in [-0.1, -0.05) is 12.8 Å². The smallest absolute Gasteiger partial charge is 0.0534 e.